The van der Waals surface area contributed by atoms with Gasteiger partial charge in [0.15, 0.2) is 5.65 Å². The summed E-state index contributed by atoms with van der Waals surface area (Å²) in [6.07, 6.45) is 1.49. The van der Waals surface area contributed by atoms with Crippen molar-refractivity contribution in [3.63, 3.8) is 0 Å². The monoisotopic (exact) mass is 371 g/mol. The van der Waals surface area contributed by atoms with Crippen molar-refractivity contribution in [2.24, 2.45) is 0 Å². The Morgan fingerprint density at radius 1 is 0.821 bits per heavy atom. The van der Waals surface area contributed by atoms with Crippen molar-refractivity contribution in [3.05, 3.63) is 89.7 Å². The molecular formula is C22H21N5O. The standard InChI is InChI=1S/C22H21N5O/c23-20-10-9-19-21(25-15-26-22(19)27-20)24-12-17-7-4-8-18(11-17)14-28-13-16-5-2-1-3-6-16/h1-11,15H,12-14H2,(H3,23,24,25,26,27). The molecule has 0 aliphatic heterocycles. The summed E-state index contributed by atoms with van der Waals surface area (Å²) in [5.41, 5.74) is 9.77. The molecule has 0 amide bonds. The lowest BCUT2D eigenvalue weighted by Gasteiger charge is -2.10. The minimum absolute atomic E-state index is 0.445. The molecule has 140 valence electrons. The van der Waals surface area contributed by atoms with E-state index < -0.39 is 0 Å². The minimum atomic E-state index is 0.445. The summed E-state index contributed by atoms with van der Waals surface area (Å²) < 4.78 is 5.83. The number of aromatic nitrogens is 3. The molecule has 0 saturated heterocycles. The van der Waals surface area contributed by atoms with Gasteiger partial charge in [-0.3, -0.25) is 0 Å². The maximum atomic E-state index is 5.83. The number of nitrogens with two attached hydrogens (primary N) is 1. The van der Waals surface area contributed by atoms with Crippen LogP contribution in [0.25, 0.3) is 11.0 Å². The van der Waals surface area contributed by atoms with Crippen LogP contribution in [0.3, 0.4) is 0 Å². The average molecular weight is 371 g/mol. The molecule has 28 heavy (non-hydrogen) atoms. The Morgan fingerprint density at radius 3 is 2.50 bits per heavy atom. The van der Waals surface area contributed by atoms with Crippen LogP contribution in [0.15, 0.2) is 73.1 Å². The number of rotatable bonds is 7. The molecule has 0 saturated carbocycles. The largest absolute Gasteiger partial charge is 0.384 e. The fourth-order valence-corrected chi connectivity index (χ4v) is 2.97. The Morgan fingerprint density at radius 2 is 1.61 bits per heavy atom. The van der Waals surface area contributed by atoms with E-state index in [-0.39, 0.29) is 0 Å². The molecule has 0 bridgehead atoms. The Labute approximate surface area is 163 Å². The van der Waals surface area contributed by atoms with Crippen molar-refractivity contribution >= 4 is 22.7 Å². The van der Waals surface area contributed by atoms with E-state index in [4.69, 9.17) is 10.5 Å². The van der Waals surface area contributed by atoms with Crippen molar-refractivity contribution in [1.29, 1.82) is 0 Å². The van der Waals surface area contributed by atoms with Gasteiger partial charge in [-0.2, -0.15) is 0 Å². The number of anilines is 2. The van der Waals surface area contributed by atoms with Gasteiger partial charge in [-0.15, -0.1) is 0 Å². The van der Waals surface area contributed by atoms with Gasteiger partial charge in [-0.05, 0) is 28.8 Å². The third-order valence-electron chi connectivity index (χ3n) is 4.35. The normalized spacial score (nSPS) is 10.9. The van der Waals surface area contributed by atoms with Gasteiger partial charge in [0.05, 0.1) is 18.6 Å². The number of ether oxygens (including phenoxy) is 1. The Hall–Kier alpha value is -3.51. The van der Waals surface area contributed by atoms with Crippen molar-refractivity contribution in [2.45, 2.75) is 19.8 Å². The number of nitrogens with zero attached hydrogens (tertiary/aromatic N) is 3. The predicted octanol–water partition coefficient (Wildman–Crippen LogP) is 3.94. The van der Waals surface area contributed by atoms with E-state index in [0.717, 1.165) is 22.3 Å². The third kappa shape index (κ3) is 4.42. The van der Waals surface area contributed by atoms with Crippen LogP contribution in [0.4, 0.5) is 11.6 Å². The van der Waals surface area contributed by atoms with Crippen LogP contribution in [-0.4, -0.2) is 15.0 Å². The minimum Gasteiger partial charge on any atom is -0.384 e. The lowest BCUT2D eigenvalue weighted by molar-refractivity contribution is 0.107. The van der Waals surface area contributed by atoms with Crippen LogP contribution in [-0.2, 0) is 24.5 Å². The van der Waals surface area contributed by atoms with Crippen LogP contribution >= 0.6 is 0 Å². The predicted molar refractivity (Wildman–Crippen MR) is 110 cm³/mol. The van der Waals surface area contributed by atoms with Crippen molar-refractivity contribution < 1.29 is 4.74 Å². The van der Waals surface area contributed by atoms with Crippen LogP contribution in [0, 0.1) is 0 Å². The summed E-state index contributed by atoms with van der Waals surface area (Å²) in [7, 11) is 0. The van der Waals surface area contributed by atoms with Gasteiger partial charge < -0.3 is 15.8 Å². The SMILES string of the molecule is Nc1ccc2c(NCc3cccc(COCc4ccccc4)c3)ncnc2n1. The highest BCUT2D eigenvalue weighted by atomic mass is 16.5. The second kappa shape index (κ2) is 8.45. The van der Waals surface area contributed by atoms with E-state index in [1.54, 1.807) is 6.07 Å². The van der Waals surface area contributed by atoms with Gasteiger partial charge in [0, 0.05) is 6.54 Å². The van der Waals surface area contributed by atoms with E-state index in [0.29, 0.717) is 31.2 Å². The maximum absolute atomic E-state index is 5.83. The molecule has 6 heteroatoms. The zero-order valence-corrected chi connectivity index (χ0v) is 15.4. The fraction of sp³-hybridized carbons (Fsp3) is 0.136. The number of nitrogen functional groups attached to an aromatic ring is 1. The van der Waals surface area contributed by atoms with Gasteiger partial charge in [-0.25, -0.2) is 15.0 Å². The van der Waals surface area contributed by atoms with Crippen molar-refractivity contribution in [1.82, 2.24) is 15.0 Å². The third-order valence-corrected chi connectivity index (χ3v) is 4.35. The second-order valence-corrected chi connectivity index (χ2v) is 6.48. The molecule has 4 aromatic rings. The van der Waals surface area contributed by atoms with E-state index in [1.807, 2.05) is 30.3 Å². The second-order valence-electron chi connectivity index (χ2n) is 6.48. The van der Waals surface area contributed by atoms with Gasteiger partial charge >= 0.3 is 0 Å². The Kier molecular flexibility index (Phi) is 5.40. The molecule has 0 fully saturated rings. The zero-order chi connectivity index (χ0) is 19.2. The fourth-order valence-electron chi connectivity index (χ4n) is 2.97. The molecule has 6 nitrogen and oxygen atoms in total. The maximum Gasteiger partial charge on any atom is 0.166 e. The van der Waals surface area contributed by atoms with E-state index in [2.05, 4.69) is 50.6 Å². The molecule has 0 spiro atoms. The first-order valence-electron chi connectivity index (χ1n) is 9.08. The summed E-state index contributed by atoms with van der Waals surface area (Å²) in [4.78, 5) is 12.7. The first kappa shape index (κ1) is 17.9. The van der Waals surface area contributed by atoms with Crippen LogP contribution in [0.2, 0.25) is 0 Å². The van der Waals surface area contributed by atoms with E-state index in [1.165, 1.54) is 11.9 Å². The van der Waals surface area contributed by atoms with Gasteiger partial charge in [-0.1, -0.05) is 54.6 Å². The highest BCUT2D eigenvalue weighted by Crippen LogP contribution is 2.19. The van der Waals surface area contributed by atoms with Gasteiger partial charge in [0.25, 0.3) is 0 Å². The molecule has 2 aromatic carbocycles. The molecule has 4 rings (SSSR count). The topological polar surface area (TPSA) is 86.0 Å². The number of pyridine rings is 1. The van der Waals surface area contributed by atoms with E-state index in [9.17, 15) is 0 Å². The van der Waals surface area contributed by atoms with Crippen LogP contribution < -0.4 is 11.1 Å². The lowest BCUT2D eigenvalue weighted by atomic mass is 10.1. The number of hydrogen-bond donors (Lipinski definition) is 2. The molecule has 0 unspecified atom stereocenters. The summed E-state index contributed by atoms with van der Waals surface area (Å²) >= 11 is 0. The number of nitrogens with one attached hydrogen (secondary N) is 1. The van der Waals surface area contributed by atoms with Gasteiger partial charge in [0.1, 0.15) is 18.0 Å². The molecular weight excluding hydrogens is 350 g/mol. The van der Waals surface area contributed by atoms with Crippen molar-refractivity contribution in [2.75, 3.05) is 11.1 Å². The lowest BCUT2D eigenvalue weighted by Crippen LogP contribution is -2.04. The smallest absolute Gasteiger partial charge is 0.166 e. The molecule has 0 aliphatic carbocycles. The quantitative estimate of drug-likeness (QED) is 0.512. The highest BCUT2D eigenvalue weighted by Gasteiger charge is 2.05. The average Bonchev–Trinajstić information content (AvgIpc) is 2.73. The molecule has 2 heterocycles. The first-order valence-corrected chi connectivity index (χ1v) is 9.08. The number of benzene rings is 2. The summed E-state index contributed by atoms with van der Waals surface area (Å²) in [6, 6.07) is 22.1. The summed E-state index contributed by atoms with van der Waals surface area (Å²) in [5, 5.41) is 4.21. The zero-order valence-electron chi connectivity index (χ0n) is 15.4. The molecule has 0 atom stereocenters. The number of fused-ring (bicyclic) bond motifs is 1. The van der Waals surface area contributed by atoms with Crippen molar-refractivity contribution in [3.8, 4) is 0 Å². The molecule has 2 aromatic heterocycles. The van der Waals surface area contributed by atoms with E-state index >= 15 is 0 Å². The molecule has 3 N–H and O–H groups in total. The van der Waals surface area contributed by atoms with Crippen LogP contribution in [0.5, 0.6) is 0 Å². The summed E-state index contributed by atoms with van der Waals surface area (Å²) in [6.45, 7) is 1.82. The molecule has 0 radical (unpaired) electrons. The summed E-state index contributed by atoms with van der Waals surface area (Å²) in [5.74, 6) is 1.18. The Bertz CT molecular complexity index is 1070. The highest BCUT2D eigenvalue weighted by molar-refractivity contribution is 5.87. The Balaban J connectivity index is 1.39. The molecule has 0 aliphatic rings. The first-order chi connectivity index (χ1) is 13.8. The van der Waals surface area contributed by atoms with Gasteiger partial charge in [0.2, 0.25) is 0 Å². The van der Waals surface area contributed by atoms with Crippen LogP contribution in [0.1, 0.15) is 16.7 Å². The number of hydrogen-bond acceptors (Lipinski definition) is 6.